The molecule has 4 nitrogen and oxygen atoms in total. The average molecular weight is 304 g/mol. The van der Waals surface area contributed by atoms with E-state index in [0.717, 1.165) is 40.9 Å². The van der Waals surface area contributed by atoms with Crippen molar-refractivity contribution in [1.82, 2.24) is 19.5 Å². The number of aromatic amines is 1. The summed E-state index contributed by atoms with van der Waals surface area (Å²) in [5.41, 5.74) is 4.19. The number of benzene rings is 1. The number of hydrogen-bond acceptors (Lipinski definition) is 4. The van der Waals surface area contributed by atoms with Crippen molar-refractivity contribution in [2.75, 3.05) is 7.05 Å². The maximum Gasteiger partial charge on any atom is 0.123 e. The van der Waals surface area contributed by atoms with Crippen molar-refractivity contribution in [3.8, 4) is 0 Å². The fourth-order valence-corrected chi connectivity index (χ4v) is 3.19. The van der Waals surface area contributed by atoms with E-state index in [4.69, 9.17) is 0 Å². The van der Waals surface area contributed by atoms with Crippen molar-refractivity contribution in [3.05, 3.63) is 45.8 Å². The summed E-state index contributed by atoms with van der Waals surface area (Å²) in [6.45, 7) is 5.59. The second kappa shape index (κ2) is 5.54. The molecule has 0 unspecified atom stereocenters. The van der Waals surface area contributed by atoms with Crippen molar-refractivity contribution in [1.29, 1.82) is 0 Å². The van der Waals surface area contributed by atoms with Gasteiger partial charge in [-0.05, 0) is 56.2 Å². The standard InChI is InChI=1S/C15H17FN4S/c1-9-12-6-11(16)4-5-13(12)17-14(9)7-20(3)8-15-10(2)18-19-21-15/h4-6,17H,7-8H2,1-3H3. The van der Waals surface area contributed by atoms with Crippen molar-refractivity contribution in [2.45, 2.75) is 26.9 Å². The predicted molar refractivity (Wildman–Crippen MR) is 82.8 cm³/mol. The summed E-state index contributed by atoms with van der Waals surface area (Å²) in [5.74, 6) is -0.198. The minimum atomic E-state index is -0.198. The van der Waals surface area contributed by atoms with E-state index >= 15 is 0 Å². The quantitative estimate of drug-likeness (QED) is 0.803. The van der Waals surface area contributed by atoms with E-state index in [2.05, 4.69) is 26.5 Å². The Morgan fingerprint density at radius 2 is 2.10 bits per heavy atom. The number of nitrogens with zero attached hydrogens (tertiary/aromatic N) is 3. The predicted octanol–water partition coefficient (Wildman–Crippen LogP) is 3.41. The molecular formula is C15H17FN4S. The van der Waals surface area contributed by atoms with Gasteiger partial charge in [-0.2, -0.15) is 0 Å². The maximum absolute atomic E-state index is 13.3. The van der Waals surface area contributed by atoms with Gasteiger partial charge in [-0.15, -0.1) is 5.10 Å². The Bertz CT molecular complexity index is 777. The van der Waals surface area contributed by atoms with Crippen LogP contribution in [-0.4, -0.2) is 26.5 Å². The Balaban J connectivity index is 1.81. The maximum atomic E-state index is 13.3. The molecule has 0 atom stereocenters. The Hall–Kier alpha value is -1.79. The summed E-state index contributed by atoms with van der Waals surface area (Å²) in [4.78, 5) is 6.76. The molecule has 0 aliphatic heterocycles. The van der Waals surface area contributed by atoms with Crippen LogP contribution in [0.15, 0.2) is 18.2 Å². The minimum Gasteiger partial charge on any atom is -0.357 e. The van der Waals surface area contributed by atoms with E-state index in [0.29, 0.717) is 0 Å². The van der Waals surface area contributed by atoms with Gasteiger partial charge >= 0.3 is 0 Å². The lowest BCUT2D eigenvalue weighted by molar-refractivity contribution is 0.317. The molecule has 0 amide bonds. The van der Waals surface area contributed by atoms with E-state index in [-0.39, 0.29) is 5.82 Å². The second-order valence-electron chi connectivity index (χ2n) is 5.37. The van der Waals surface area contributed by atoms with Gasteiger partial charge in [0.05, 0.1) is 10.6 Å². The highest BCUT2D eigenvalue weighted by atomic mass is 32.1. The number of aromatic nitrogens is 3. The molecule has 0 bridgehead atoms. The van der Waals surface area contributed by atoms with Gasteiger partial charge in [0, 0.05) is 29.7 Å². The summed E-state index contributed by atoms with van der Waals surface area (Å²) in [5, 5.41) is 4.98. The summed E-state index contributed by atoms with van der Waals surface area (Å²) in [6, 6.07) is 4.86. The van der Waals surface area contributed by atoms with Gasteiger partial charge in [-0.3, -0.25) is 4.90 Å². The van der Waals surface area contributed by atoms with Crippen LogP contribution in [0.4, 0.5) is 4.39 Å². The largest absolute Gasteiger partial charge is 0.357 e. The van der Waals surface area contributed by atoms with Crippen molar-refractivity contribution >= 4 is 22.4 Å². The Labute approximate surface area is 126 Å². The molecule has 0 saturated carbocycles. The lowest BCUT2D eigenvalue weighted by atomic mass is 10.1. The summed E-state index contributed by atoms with van der Waals surface area (Å²) in [7, 11) is 2.06. The van der Waals surface area contributed by atoms with Gasteiger partial charge in [0.1, 0.15) is 5.82 Å². The molecule has 0 aliphatic carbocycles. The van der Waals surface area contributed by atoms with Crippen LogP contribution in [0.3, 0.4) is 0 Å². The number of aryl methyl sites for hydroxylation is 2. The Morgan fingerprint density at radius 1 is 1.29 bits per heavy atom. The number of fused-ring (bicyclic) bond motifs is 1. The first kappa shape index (κ1) is 14.2. The van der Waals surface area contributed by atoms with Crippen molar-refractivity contribution in [2.24, 2.45) is 0 Å². The molecule has 0 spiro atoms. The molecule has 110 valence electrons. The zero-order valence-corrected chi connectivity index (χ0v) is 13.1. The van der Waals surface area contributed by atoms with Crippen LogP contribution in [0.1, 0.15) is 21.8 Å². The first-order chi connectivity index (χ1) is 10.0. The van der Waals surface area contributed by atoms with Gasteiger partial charge in [0.15, 0.2) is 0 Å². The Morgan fingerprint density at radius 3 is 2.81 bits per heavy atom. The third kappa shape index (κ3) is 2.82. The van der Waals surface area contributed by atoms with E-state index in [1.807, 2.05) is 13.8 Å². The van der Waals surface area contributed by atoms with E-state index in [1.165, 1.54) is 22.5 Å². The van der Waals surface area contributed by atoms with Crippen LogP contribution >= 0.6 is 11.5 Å². The third-order valence-electron chi connectivity index (χ3n) is 3.71. The minimum absolute atomic E-state index is 0.198. The highest BCUT2D eigenvalue weighted by Gasteiger charge is 2.12. The number of H-pyrrole nitrogens is 1. The van der Waals surface area contributed by atoms with Crippen LogP contribution in [0.25, 0.3) is 10.9 Å². The smallest absolute Gasteiger partial charge is 0.123 e. The molecule has 2 heterocycles. The molecule has 0 radical (unpaired) electrons. The molecule has 0 aliphatic rings. The lowest BCUT2D eigenvalue weighted by Gasteiger charge is -2.15. The molecule has 0 saturated heterocycles. The second-order valence-corrected chi connectivity index (χ2v) is 6.21. The lowest BCUT2D eigenvalue weighted by Crippen LogP contribution is -2.17. The number of hydrogen-bond donors (Lipinski definition) is 1. The number of halogens is 1. The molecule has 0 fully saturated rings. The fraction of sp³-hybridized carbons (Fsp3) is 0.333. The van der Waals surface area contributed by atoms with E-state index in [1.54, 1.807) is 12.1 Å². The van der Waals surface area contributed by atoms with Crippen LogP contribution < -0.4 is 0 Å². The van der Waals surface area contributed by atoms with Crippen LogP contribution in [0, 0.1) is 19.7 Å². The van der Waals surface area contributed by atoms with Gasteiger partial charge < -0.3 is 4.98 Å². The zero-order chi connectivity index (χ0) is 15.0. The monoisotopic (exact) mass is 304 g/mol. The van der Waals surface area contributed by atoms with Crippen LogP contribution in [0.5, 0.6) is 0 Å². The normalized spacial score (nSPS) is 11.7. The molecular weight excluding hydrogens is 287 g/mol. The van der Waals surface area contributed by atoms with Gasteiger partial charge in [-0.1, -0.05) is 4.49 Å². The van der Waals surface area contributed by atoms with Gasteiger partial charge in [-0.25, -0.2) is 4.39 Å². The molecule has 1 N–H and O–H groups in total. The van der Waals surface area contributed by atoms with Gasteiger partial charge in [0.25, 0.3) is 0 Å². The molecule has 1 aromatic carbocycles. The SMILES string of the molecule is Cc1nnsc1CN(C)Cc1[nH]c2ccc(F)cc2c1C. The molecule has 2 aromatic heterocycles. The highest BCUT2D eigenvalue weighted by molar-refractivity contribution is 7.05. The topological polar surface area (TPSA) is 44.8 Å². The van der Waals surface area contributed by atoms with Crippen molar-refractivity contribution < 1.29 is 4.39 Å². The summed E-state index contributed by atoms with van der Waals surface area (Å²) in [6.07, 6.45) is 0. The van der Waals surface area contributed by atoms with E-state index < -0.39 is 0 Å². The van der Waals surface area contributed by atoms with Crippen LogP contribution in [-0.2, 0) is 13.1 Å². The molecule has 21 heavy (non-hydrogen) atoms. The van der Waals surface area contributed by atoms with Crippen molar-refractivity contribution in [3.63, 3.8) is 0 Å². The molecule has 3 aromatic rings. The van der Waals surface area contributed by atoms with Crippen LogP contribution in [0.2, 0.25) is 0 Å². The molecule has 6 heteroatoms. The Kier molecular flexibility index (Phi) is 3.73. The fourth-order valence-electron chi connectivity index (χ4n) is 2.48. The first-order valence-corrected chi connectivity index (χ1v) is 7.55. The average Bonchev–Trinajstić information content (AvgIpc) is 2.96. The van der Waals surface area contributed by atoms with E-state index in [9.17, 15) is 4.39 Å². The highest BCUT2D eigenvalue weighted by Crippen LogP contribution is 2.24. The summed E-state index contributed by atoms with van der Waals surface area (Å²) < 4.78 is 17.3. The zero-order valence-electron chi connectivity index (χ0n) is 12.3. The summed E-state index contributed by atoms with van der Waals surface area (Å²) >= 11 is 1.44. The number of nitrogens with one attached hydrogen (secondary N) is 1. The number of rotatable bonds is 4. The van der Waals surface area contributed by atoms with Gasteiger partial charge in [0.2, 0.25) is 0 Å². The third-order valence-corrected chi connectivity index (χ3v) is 4.52. The molecule has 3 rings (SSSR count). The first-order valence-electron chi connectivity index (χ1n) is 6.77.